The minimum Gasteiger partial charge on any atom is -0.475 e. The number of aliphatic hydroxyl groups excluding tert-OH is 1. The standard InChI is InChI=1S/C18H14ClN3O6S2.C8H18N2/c19-16-4-3-15(29-16)14-7-10(21-28-14)9-22-13-2-1-11(30(26,27)6-5-23)8-12(13)20-17(22)18(24)25;1-7(2)10-5-3-8(9)4-6-10/h1-4,7-8,23H,5-6,9H2,(H,24,25);7-8H,3-6,9H2,1-2H3. The average molecular weight is 610 g/mol. The minimum atomic E-state index is -3.69. The van der Waals surface area contributed by atoms with Gasteiger partial charge in [-0.15, -0.1) is 11.3 Å². The Bertz CT molecular complexity index is 1570. The molecule has 11 nitrogen and oxygen atoms in total. The maximum absolute atomic E-state index is 12.2. The fraction of sp³-hybridized carbons (Fsp3) is 0.423. The number of likely N-dealkylation sites (tertiary alicyclic amines) is 1. The van der Waals surface area contributed by atoms with E-state index in [9.17, 15) is 18.3 Å². The van der Waals surface area contributed by atoms with E-state index in [0.717, 1.165) is 4.88 Å². The number of aliphatic hydroxyl groups is 1. The normalized spacial score (nSPS) is 14.9. The van der Waals surface area contributed by atoms with Crippen molar-refractivity contribution in [3.63, 3.8) is 0 Å². The Hall–Kier alpha value is -2.81. The van der Waals surface area contributed by atoms with Crippen LogP contribution in [0.15, 0.2) is 45.8 Å². The highest BCUT2D eigenvalue weighted by atomic mass is 35.5. The van der Waals surface area contributed by atoms with E-state index < -0.39 is 28.2 Å². The summed E-state index contributed by atoms with van der Waals surface area (Å²) in [6.07, 6.45) is 2.36. The van der Waals surface area contributed by atoms with Crippen LogP contribution < -0.4 is 5.73 Å². The summed E-state index contributed by atoms with van der Waals surface area (Å²) < 4.78 is 31.7. The first-order chi connectivity index (χ1) is 19.0. The molecule has 0 atom stereocenters. The number of halogens is 1. The Labute approximate surface area is 241 Å². The Balaban J connectivity index is 0.000000312. The molecule has 1 fully saturated rings. The van der Waals surface area contributed by atoms with Crippen molar-refractivity contribution < 1.29 is 27.9 Å². The van der Waals surface area contributed by atoms with Crippen LogP contribution in [-0.4, -0.2) is 81.7 Å². The first-order valence-electron chi connectivity index (χ1n) is 12.8. The molecule has 0 amide bonds. The van der Waals surface area contributed by atoms with Gasteiger partial charge in [-0.1, -0.05) is 16.8 Å². The summed E-state index contributed by atoms with van der Waals surface area (Å²) in [5, 5.41) is 22.5. The number of piperidine rings is 1. The van der Waals surface area contributed by atoms with Gasteiger partial charge in [0, 0.05) is 18.2 Å². The van der Waals surface area contributed by atoms with Crippen molar-refractivity contribution in [3.8, 4) is 10.6 Å². The molecule has 3 aromatic heterocycles. The molecule has 0 radical (unpaired) electrons. The molecule has 0 unspecified atom stereocenters. The minimum absolute atomic E-state index is 0.0380. The summed E-state index contributed by atoms with van der Waals surface area (Å²) in [5.74, 6) is -1.45. The number of nitrogens with zero attached hydrogens (tertiary/aromatic N) is 4. The van der Waals surface area contributed by atoms with Crippen molar-refractivity contribution in [2.24, 2.45) is 5.73 Å². The van der Waals surface area contributed by atoms with Gasteiger partial charge in [-0.3, -0.25) is 0 Å². The number of carboxylic acids is 1. The van der Waals surface area contributed by atoms with Crippen LogP contribution in [0.1, 0.15) is 43.0 Å². The van der Waals surface area contributed by atoms with Crippen LogP contribution in [-0.2, 0) is 16.4 Å². The lowest BCUT2D eigenvalue weighted by atomic mass is 10.1. The lowest BCUT2D eigenvalue weighted by molar-refractivity contribution is 0.0679. The molecule has 40 heavy (non-hydrogen) atoms. The molecule has 1 aromatic carbocycles. The van der Waals surface area contributed by atoms with E-state index in [4.69, 9.17) is 27.0 Å². The zero-order chi connectivity index (χ0) is 29.0. The highest BCUT2D eigenvalue weighted by molar-refractivity contribution is 7.91. The number of hydrogen-bond acceptors (Lipinski definition) is 10. The van der Waals surface area contributed by atoms with Crippen LogP contribution in [0.5, 0.6) is 0 Å². The molecule has 4 aromatic rings. The number of carbonyl (C=O) groups is 1. The van der Waals surface area contributed by atoms with E-state index in [1.54, 1.807) is 18.2 Å². The first-order valence-corrected chi connectivity index (χ1v) is 15.6. The second-order valence-electron chi connectivity index (χ2n) is 9.77. The number of sulfone groups is 1. The average Bonchev–Trinajstić information content (AvgIpc) is 3.63. The molecule has 5 rings (SSSR count). The second-order valence-corrected chi connectivity index (χ2v) is 13.6. The third-order valence-electron chi connectivity index (χ3n) is 6.63. The van der Waals surface area contributed by atoms with Crippen molar-refractivity contribution >= 4 is 49.8 Å². The van der Waals surface area contributed by atoms with E-state index in [-0.39, 0.29) is 22.8 Å². The van der Waals surface area contributed by atoms with Crippen LogP contribution in [0, 0.1) is 0 Å². The van der Waals surface area contributed by atoms with Gasteiger partial charge in [-0.25, -0.2) is 18.2 Å². The number of carboxylic acid groups (broad SMARTS) is 1. The molecule has 0 bridgehead atoms. The maximum Gasteiger partial charge on any atom is 0.372 e. The number of aromatic nitrogens is 3. The van der Waals surface area contributed by atoms with Crippen molar-refractivity contribution in [3.05, 3.63) is 52.3 Å². The number of thiophene rings is 1. The van der Waals surface area contributed by atoms with Crippen molar-refractivity contribution in [1.29, 1.82) is 0 Å². The van der Waals surface area contributed by atoms with Gasteiger partial charge < -0.3 is 29.9 Å². The van der Waals surface area contributed by atoms with Crippen molar-refractivity contribution in [2.45, 2.75) is 50.2 Å². The summed E-state index contributed by atoms with van der Waals surface area (Å²) in [6, 6.07) is 10.5. The van der Waals surface area contributed by atoms with E-state index in [0.29, 0.717) is 33.4 Å². The van der Waals surface area contributed by atoms with Gasteiger partial charge >= 0.3 is 5.97 Å². The topological polar surface area (TPSA) is 165 Å². The highest BCUT2D eigenvalue weighted by Gasteiger charge is 2.22. The van der Waals surface area contributed by atoms with Gasteiger partial charge in [0.1, 0.15) is 5.69 Å². The number of hydrogen-bond donors (Lipinski definition) is 3. The van der Waals surface area contributed by atoms with Crippen molar-refractivity contribution in [1.82, 2.24) is 19.6 Å². The molecule has 1 aliphatic rings. The fourth-order valence-electron chi connectivity index (χ4n) is 4.41. The first kappa shape index (κ1) is 30.2. The number of benzene rings is 1. The molecular formula is C26H32ClN5O6S2. The van der Waals surface area contributed by atoms with Gasteiger partial charge in [-0.2, -0.15) is 0 Å². The predicted molar refractivity (Wildman–Crippen MR) is 154 cm³/mol. The fourth-order valence-corrected chi connectivity index (χ4v) is 6.45. The Morgan fingerprint density at radius 1 is 1.23 bits per heavy atom. The molecule has 14 heteroatoms. The summed E-state index contributed by atoms with van der Waals surface area (Å²) in [5.41, 5.74) is 6.87. The molecule has 0 spiro atoms. The van der Waals surface area contributed by atoms with Crippen LogP contribution >= 0.6 is 22.9 Å². The van der Waals surface area contributed by atoms with Crippen LogP contribution in [0.3, 0.4) is 0 Å². The summed E-state index contributed by atoms with van der Waals surface area (Å²) in [4.78, 5) is 19.0. The highest BCUT2D eigenvalue weighted by Crippen LogP contribution is 2.32. The van der Waals surface area contributed by atoms with E-state index in [2.05, 4.69) is 28.9 Å². The number of imidazole rings is 1. The third-order valence-corrected chi connectivity index (χ3v) is 9.57. The largest absolute Gasteiger partial charge is 0.475 e. The lowest BCUT2D eigenvalue weighted by Crippen LogP contribution is -2.42. The zero-order valence-electron chi connectivity index (χ0n) is 22.2. The van der Waals surface area contributed by atoms with Gasteiger partial charge in [0.15, 0.2) is 15.6 Å². The van der Waals surface area contributed by atoms with Gasteiger partial charge in [0.05, 0.1) is 44.0 Å². The number of aromatic carboxylic acids is 1. The summed E-state index contributed by atoms with van der Waals surface area (Å²) in [6.45, 7) is 6.42. The van der Waals surface area contributed by atoms with Crippen molar-refractivity contribution in [2.75, 3.05) is 25.4 Å². The predicted octanol–water partition coefficient (Wildman–Crippen LogP) is 3.74. The van der Waals surface area contributed by atoms with Gasteiger partial charge in [0.2, 0.25) is 5.82 Å². The molecule has 4 heterocycles. The number of rotatable bonds is 8. The van der Waals surface area contributed by atoms with E-state index in [1.807, 2.05) is 0 Å². The smallest absolute Gasteiger partial charge is 0.372 e. The molecule has 216 valence electrons. The van der Waals surface area contributed by atoms with E-state index in [1.165, 1.54) is 60.0 Å². The van der Waals surface area contributed by atoms with Gasteiger partial charge in [-0.05, 0) is 70.1 Å². The Morgan fingerprint density at radius 2 is 1.95 bits per heavy atom. The number of fused-ring (bicyclic) bond motifs is 1. The van der Waals surface area contributed by atoms with Crippen LogP contribution in [0.4, 0.5) is 0 Å². The quantitative estimate of drug-likeness (QED) is 0.268. The summed E-state index contributed by atoms with van der Waals surface area (Å²) >= 11 is 7.26. The van der Waals surface area contributed by atoms with Crippen LogP contribution in [0.25, 0.3) is 21.7 Å². The molecule has 0 saturated carbocycles. The zero-order valence-corrected chi connectivity index (χ0v) is 24.5. The molecule has 4 N–H and O–H groups in total. The molecule has 1 aliphatic heterocycles. The molecular weight excluding hydrogens is 578 g/mol. The summed E-state index contributed by atoms with van der Waals surface area (Å²) in [7, 11) is -3.69. The second kappa shape index (κ2) is 12.8. The number of nitrogens with two attached hydrogens (primary N) is 1. The lowest BCUT2D eigenvalue weighted by Gasteiger charge is -2.32. The maximum atomic E-state index is 12.2. The molecule has 1 saturated heterocycles. The third kappa shape index (κ3) is 7.09. The molecule has 0 aliphatic carbocycles. The Kier molecular flexibility index (Phi) is 9.64. The SMILES string of the molecule is CC(C)N1CCC(N)CC1.O=C(O)c1nc2cc(S(=O)(=O)CCO)ccc2n1Cc1cc(-c2ccc(Cl)s2)on1. The van der Waals surface area contributed by atoms with Gasteiger partial charge in [0.25, 0.3) is 0 Å². The monoisotopic (exact) mass is 609 g/mol. The van der Waals surface area contributed by atoms with Crippen LogP contribution in [0.2, 0.25) is 4.34 Å². The van der Waals surface area contributed by atoms with E-state index >= 15 is 0 Å². The Morgan fingerprint density at radius 3 is 2.55 bits per heavy atom.